The number of imidazole rings is 1. The largest absolute Gasteiger partial charge is 0.315 e. The lowest BCUT2D eigenvalue weighted by molar-refractivity contribution is 0.850. The second kappa shape index (κ2) is 5.33. The normalized spacial score (nSPS) is 11.4. The summed E-state index contributed by atoms with van der Waals surface area (Å²) in [5.41, 5.74) is 2.71. The molecular weight excluding hydrogens is 278 g/mol. The Morgan fingerprint density at radius 3 is 2.90 bits per heavy atom. The van der Waals surface area contributed by atoms with E-state index >= 15 is 0 Å². The molecule has 0 atom stereocenters. The summed E-state index contributed by atoms with van der Waals surface area (Å²) in [6, 6.07) is 9.85. The second-order valence-corrected chi connectivity index (χ2v) is 8.14. The van der Waals surface area contributed by atoms with Crippen molar-refractivity contribution >= 4 is 19.5 Å². The van der Waals surface area contributed by atoms with E-state index in [1.807, 2.05) is 10.6 Å². The van der Waals surface area contributed by atoms with Gasteiger partial charge in [-0.1, -0.05) is 49.0 Å². The molecule has 21 heavy (non-hydrogen) atoms. The molecule has 0 fully saturated rings. The minimum Gasteiger partial charge on any atom is -0.315 e. The third-order valence-corrected chi connectivity index (χ3v) is 6.29. The summed E-state index contributed by atoms with van der Waals surface area (Å²) in [6.45, 7) is 4.57. The Kier molecular flexibility index (Phi) is 3.51. The van der Waals surface area contributed by atoms with Crippen molar-refractivity contribution in [2.45, 2.75) is 19.5 Å². The summed E-state index contributed by atoms with van der Waals surface area (Å²) in [5.74, 6) is 0. The molecule has 1 aromatic carbocycles. The lowest BCUT2D eigenvalue weighted by atomic mass is 10.1. The van der Waals surface area contributed by atoms with Crippen molar-refractivity contribution < 1.29 is 0 Å². The third kappa shape index (κ3) is 2.33. The van der Waals surface area contributed by atoms with Crippen LogP contribution in [0.1, 0.15) is 6.92 Å². The van der Waals surface area contributed by atoms with E-state index in [2.05, 4.69) is 42.7 Å². The highest BCUT2D eigenvalue weighted by atomic mass is 28.3. The van der Waals surface area contributed by atoms with Gasteiger partial charge in [-0.05, 0) is 5.56 Å². The van der Waals surface area contributed by atoms with Crippen LogP contribution in [0.3, 0.4) is 0 Å². The smallest absolute Gasteiger partial charge is 0.276 e. The van der Waals surface area contributed by atoms with Crippen LogP contribution in [0.5, 0.6) is 0 Å². The lowest BCUT2D eigenvalue weighted by Gasteiger charge is -2.12. The highest BCUT2D eigenvalue weighted by Gasteiger charge is 2.11. The Morgan fingerprint density at radius 2 is 2.14 bits per heavy atom. The molecule has 5 heteroatoms. The topological polar surface area (TPSA) is 39.3 Å². The van der Waals surface area contributed by atoms with Gasteiger partial charge >= 0.3 is 0 Å². The molecule has 107 valence electrons. The number of fused-ring (bicyclic) bond motifs is 1. The van der Waals surface area contributed by atoms with Gasteiger partial charge in [0, 0.05) is 13.2 Å². The van der Waals surface area contributed by atoms with Crippen LogP contribution in [0, 0.1) is 0 Å². The van der Waals surface area contributed by atoms with Crippen LogP contribution in [-0.2, 0) is 7.05 Å². The van der Waals surface area contributed by atoms with E-state index < -0.39 is 8.80 Å². The highest BCUT2D eigenvalue weighted by molar-refractivity contribution is 6.72. The Labute approximate surface area is 125 Å². The number of nitrogens with zero attached hydrogens (tertiary/aromatic N) is 3. The predicted molar refractivity (Wildman–Crippen MR) is 87.6 cm³/mol. The van der Waals surface area contributed by atoms with Crippen molar-refractivity contribution in [2.24, 2.45) is 7.05 Å². The molecule has 0 aliphatic heterocycles. The van der Waals surface area contributed by atoms with Crippen LogP contribution in [0.15, 0.2) is 47.8 Å². The van der Waals surface area contributed by atoms with Gasteiger partial charge in [0.25, 0.3) is 5.56 Å². The minimum absolute atomic E-state index is 0.0267. The highest BCUT2D eigenvalue weighted by Crippen LogP contribution is 2.18. The Hall–Kier alpha value is -2.14. The van der Waals surface area contributed by atoms with E-state index in [1.165, 1.54) is 11.2 Å². The molecule has 0 aliphatic rings. The van der Waals surface area contributed by atoms with Crippen LogP contribution in [-0.4, -0.2) is 22.7 Å². The molecule has 0 N–H and O–H groups in total. The fraction of sp³-hybridized carbons (Fsp3) is 0.250. The first-order valence-corrected chi connectivity index (χ1v) is 9.27. The maximum absolute atomic E-state index is 12.1. The van der Waals surface area contributed by atoms with Crippen molar-refractivity contribution in [3.8, 4) is 11.3 Å². The van der Waals surface area contributed by atoms with Crippen LogP contribution in [0.25, 0.3) is 16.8 Å². The average Bonchev–Trinajstić information content (AvgIpc) is 3.00. The van der Waals surface area contributed by atoms with Gasteiger partial charge in [-0.2, -0.15) is 0 Å². The Morgan fingerprint density at radius 1 is 1.33 bits per heavy atom. The molecule has 0 saturated carbocycles. The number of benzene rings is 1. The zero-order valence-electron chi connectivity index (χ0n) is 12.5. The maximum Gasteiger partial charge on any atom is 0.276 e. The van der Waals surface area contributed by atoms with Crippen molar-refractivity contribution in [3.05, 3.63) is 53.3 Å². The van der Waals surface area contributed by atoms with Gasteiger partial charge in [-0.25, -0.2) is 4.98 Å². The molecule has 0 aliphatic carbocycles. The molecular formula is C16H18N3OSi. The zero-order valence-corrected chi connectivity index (χ0v) is 13.5. The first-order chi connectivity index (χ1) is 10.1. The standard InChI is InChI=1S/C16H18N3OSi/c1-4-21(3)13-7-5-6-12(8-13)15-10-18(2)16(20)14-9-17-11-19(14)15/h5-11H,4H2,1-3H3. The molecule has 0 amide bonds. The van der Waals surface area contributed by atoms with E-state index in [-0.39, 0.29) is 5.56 Å². The number of aryl methyl sites for hydroxylation is 1. The van der Waals surface area contributed by atoms with Gasteiger partial charge in [-0.3, -0.25) is 9.20 Å². The summed E-state index contributed by atoms with van der Waals surface area (Å²) in [4.78, 5) is 16.2. The number of hydrogen-bond donors (Lipinski definition) is 0. The molecule has 0 spiro atoms. The van der Waals surface area contributed by atoms with Gasteiger partial charge in [0.05, 0.1) is 27.0 Å². The maximum atomic E-state index is 12.1. The van der Waals surface area contributed by atoms with Gasteiger partial charge in [0.15, 0.2) is 0 Å². The molecule has 2 aromatic heterocycles. The molecule has 0 unspecified atom stereocenters. The summed E-state index contributed by atoms with van der Waals surface area (Å²) in [5, 5.41) is 1.42. The Balaban J connectivity index is 2.23. The molecule has 2 heterocycles. The van der Waals surface area contributed by atoms with Crippen molar-refractivity contribution in [2.75, 3.05) is 0 Å². The van der Waals surface area contributed by atoms with Gasteiger partial charge in [-0.15, -0.1) is 0 Å². The van der Waals surface area contributed by atoms with E-state index in [9.17, 15) is 4.79 Å². The fourth-order valence-electron chi connectivity index (χ4n) is 2.49. The van der Waals surface area contributed by atoms with Crippen LogP contribution in [0.2, 0.25) is 12.6 Å². The molecule has 1 radical (unpaired) electrons. The summed E-state index contributed by atoms with van der Waals surface area (Å²) in [6.07, 6.45) is 5.21. The van der Waals surface area contributed by atoms with Crippen LogP contribution in [0.4, 0.5) is 0 Å². The molecule has 0 saturated heterocycles. The van der Waals surface area contributed by atoms with E-state index in [0.29, 0.717) is 5.52 Å². The van der Waals surface area contributed by atoms with Crippen LogP contribution < -0.4 is 10.7 Å². The summed E-state index contributed by atoms with van der Waals surface area (Å²) >= 11 is 0. The number of aromatic nitrogens is 3. The minimum atomic E-state index is -0.487. The first kappa shape index (κ1) is 13.8. The van der Waals surface area contributed by atoms with Crippen molar-refractivity contribution in [3.63, 3.8) is 0 Å². The zero-order chi connectivity index (χ0) is 15.0. The molecule has 3 aromatic rings. The third-order valence-electron chi connectivity index (χ3n) is 3.93. The number of rotatable bonds is 3. The van der Waals surface area contributed by atoms with Crippen molar-refractivity contribution in [1.29, 1.82) is 0 Å². The second-order valence-electron chi connectivity index (χ2n) is 5.29. The molecule has 3 rings (SSSR count). The van der Waals surface area contributed by atoms with E-state index in [0.717, 1.165) is 11.3 Å². The monoisotopic (exact) mass is 296 g/mol. The first-order valence-electron chi connectivity index (χ1n) is 7.06. The van der Waals surface area contributed by atoms with E-state index in [1.54, 1.807) is 24.1 Å². The van der Waals surface area contributed by atoms with E-state index in [4.69, 9.17) is 0 Å². The quantitative estimate of drug-likeness (QED) is 0.694. The average molecular weight is 296 g/mol. The van der Waals surface area contributed by atoms with Gasteiger partial charge in [0.2, 0.25) is 0 Å². The predicted octanol–water partition coefficient (Wildman–Crippen LogP) is 2.05. The van der Waals surface area contributed by atoms with Gasteiger partial charge < -0.3 is 4.57 Å². The fourth-order valence-corrected chi connectivity index (χ4v) is 3.68. The Bertz CT molecular complexity index is 850. The number of hydrogen-bond acceptors (Lipinski definition) is 2. The molecule has 4 nitrogen and oxygen atoms in total. The van der Waals surface area contributed by atoms with Gasteiger partial charge in [0.1, 0.15) is 5.52 Å². The summed E-state index contributed by atoms with van der Waals surface area (Å²) in [7, 11) is 1.30. The van der Waals surface area contributed by atoms with Crippen molar-refractivity contribution in [1.82, 2.24) is 14.0 Å². The SMILES string of the molecule is CC[Si](C)c1cccc(-c2cn(C)c(=O)c3cncn23)c1. The van der Waals surface area contributed by atoms with Crippen LogP contribution >= 0.6 is 0 Å². The molecule has 0 bridgehead atoms. The summed E-state index contributed by atoms with van der Waals surface area (Å²) < 4.78 is 3.49. The lowest BCUT2D eigenvalue weighted by Crippen LogP contribution is -2.25.